The Hall–Kier alpha value is -1.71. The van der Waals surface area contributed by atoms with Crippen LogP contribution in [0.25, 0.3) is 0 Å². The van der Waals surface area contributed by atoms with Crippen molar-refractivity contribution >= 4 is 13.1 Å². The van der Waals surface area contributed by atoms with Gasteiger partial charge in [-0.1, -0.05) is 37.1 Å². The van der Waals surface area contributed by atoms with Gasteiger partial charge in [0.25, 0.3) is 0 Å². The Morgan fingerprint density at radius 1 is 1.24 bits per heavy atom. The first kappa shape index (κ1) is 18.1. The molecule has 0 N–H and O–H groups in total. The maximum Gasteiger partial charge on any atom is 0.140 e. The van der Waals surface area contributed by atoms with Crippen LogP contribution >= 0.6 is 0 Å². The molecule has 0 saturated heterocycles. The highest BCUT2D eigenvalue weighted by molar-refractivity contribution is 5.57. The van der Waals surface area contributed by atoms with Crippen LogP contribution in [0.1, 0.15) is 64.2 Å². The molecule has 1 heterocycles. The van der Waals surface area contributed by atoms with Crippen molar-refractivity contribution in [3.8, 4) is 0 Å². The standard InChI is InChI=1S/C20H27NO2.CH2O/c1-19(2)7-6-13-8-15(4-5-17(13)19)20(3)10-14-11-21-23-18(14)9-16(20)12-22;1-2/h11-12,15-16H,4-10H2,1-3H3;1H2. The van der Waals surface area contributed by atoms with E-state index in [1.807, 2.05) is 13.0 Å². The summed E-state index contributed by atoms with van der Waals surface area (Å²) >= 11 is 0. The lowest BCUT2D eigenvalue weighted by molar-refractivity contribution is -0.117. The molecule has 3 aliphatic rings. The summed E-state index contributed by atoms with van der Waals surface area (Å²) in [5, 5.41) is 3.96. The van der Waals surface area contributed by atoms with Gasteiger partial charge in [0.1, 0.15) is 18.8 Å². The number of rotatable bonds is 2. The minimum Gasteiger partial charge on any atom is -0.361 e. The predicted octanol–water partition coefficient (Wildman–Crippen LogP) is 4.33. The number of allylic oxidation sites excluding steroid dienone is 2. The lowest BCUT2D eigenvalue weighted by Crippen LogP contribution is -2.43. The van der Waals surface area contributed by atoms with E-state index in [1.54, 1.807) is 11.1 Å². The van der Waals surface area contributed by atoms with Gasteiger partial charge in [0.15, 0.2) is 0 Å². The SMILES string of the molecule is C=O.CC1(C)CCC2=C1CCC(C1(C)Cc3cnoc3CC1C=O)C2. The summed E-state index contributed by atoms with van der Waals surface area (Å²) in [6.07, 6.45) is 10.9. The van der Waals surface area contributed by atoms with Crippen LogP contribution in [0.2, 0.25) is 0 Å². The van der Waals surface area contributed by atoms with E-state index < -0.39 is 0 Å². The van der Waals surface area contributed by atoms with Gasteiger partial charge in [0.05, 0.1) is 6.20 Å². The summed E-state index contributed by atoms with van der Waals surface area (Å²) in [6, 6.07) is 0. The number of aromatic nitrogens is 1. The minimum absolute atomic E-state index is 0.0472. The number of hydrogen-bond donors (Lipinski definition) is 0. The van der Waals surface area contributed by atoms with Crippen LogP contribution in [0.15, 0.2) is 21.9 Å². The highest BCUT2D eigenvalue weighted by atomic mass is 16.5. The quantitative estimate of drug-likeness (QED) is 0.592. The molecule has 0 fully saturated rings. The fraction of sp³-hybridized carbons (Fsp3) is 0.667. The fourth-order valence-corrected chi connectivity index (χ4v) is 5.49. The molecule has 0 aliphatic heterocycles. The van der Waals surface area contributed by atoms with Gasteiger partial charge in [0.2, 0.25) is 0 Å². The Bertz CT molecular complexity index is 687. The molecule has 4 heteroatoms. The number of hydrogen-bond acceptors (Lipinski definition) is 4. The van der Waals surface area contributed by atoms with Crippen molar-refractivity contribution in [1.29, 1.82) is 0 Å². The zero-order valence-electron chi connectivity index (χ0n) is 15.6. The van der Waals surface area contributed by atoms with E-state index in [1.165, 1.54) is 44.0 Å². The monoisotopic (exact) mass is 343 g/mol. The third-order valence-corrected chi connectivity index (χ3v) is 7.18. The average molecular weight is 343 g/mol. The molecule has 0 radical (unpaired) electrons. The molecule has 0 bridgehead atoms. The van der Waals surface area contributed by atoms with Gasteiger partial charge in [-0.05, 0) is 55.3 Å². The molecule has 3 unspecified atom stereocenters. The van der Waals surface area contributed by atoms with E-state index in [2.05, 4.69) is 25.9 Å². The Morgan fingerprint density at radius 3 is 2.72 bits per heavy atom. The third-order valence-electron chi connectivity index (χ3n) is 7.18. The summed E-state index contributed by atoms with van der Waals surface area (Å²) in [6.45, 7) is 9.13. The first-order valence-electron chi connectivity index (χ1n) is 9.32. The molecule has 25 heavy (non-hydrogen) atoms. The number of carbonyl (C=O) groups excluding carboxylic acids is 2. The first-order chi connectivity index (χ1) is 11.9. The number of nitrogens with zero attached hydrogens (tertiary/aromatic N) is 1. The Kier molecular flexibility index (Phi) is 4.74. The lowest BCUT2D eigenvalue weighted by atomic mass is 9.57. The summed E-state index contributed by atoms with van der Waals surface area (Å²) in [7, 11) is 0. The summed E-state index contributed by atoms with van der Waals surface area (Å²) in [4.78, 5) is 19.8. The molecule has 136 valence electrons. The van der Waals surface area contributed by atoms with Gasteiger partial charge in [0, 0.05) is 17.9 Å². The van der Waals surface area contributed by atoms with Gasteiger partial charge >= 0.3 is 0 Å². The topological polar surface area (TPSA) is 60.2 Å². The van der Waals surface area contributed by atoms with Crippen molar-refractivity contribution in [1.82, 2.24) is 5.16 Å². The van der Waals surface area contributed by atoms with Crippen LogP contribution < -0.4 is 0 Å². The van der Waals surface area contributed by atoms with Crippen LogP contribution in [-0.4, -0.2) is 18.2 Å². The van der Waals surface area contributed by atoms with Gasteiger partial charge in [-0.2, -0.15) is 0 Å². The van der Waals surface area contributed by atoms with Crippen molar-refractivity contribution in [2.24, 2.45) is 22.7 Å². The molecule has 3 atom stereocenters. The summed E-state index contributed by atoms with van der Waals surface area (Å²) in [5.74, 6) is 1.59. The number of aldehydes is 1. The zero-order chi connectivity index (χ0) is 18.2. The van der Waals surface area contributed by atoms with Gasteiger partial charge in [-0.15, -0.1) is 0 Å². The number of fused-ring (bicyclic) bond motifs is 1. The molecule has 3 aliphatic carbocycles. The number of carbonyl (C=O) groups is 2. The van der Waals surface area contributed by atoms with Gasteiger partial charge in [-0.3, -0.25) is 0 Å². The second-order valence-electron chi connectivity index (χ2n) is 8.81. The molecule has 0 spiro atoms. The average Bonchev–Trinajstić information content (AvgIpc) is 3.19. The molecule has 1 aromatic rings. The Morgan fingerprint density at radius 2 is 2.00 bits per heavy atom. The van der Waals surface area contributed by atoms with Crippen molar-refractivity contribution < 1.29 is 14.1 Å². The van der Waals surface area contributed by atoms with E-state index in [4.69, 9.17) is 9.32 Å². The van der Waals surface area contributed by atoms with Crippen LogP contribution in [0.5, 0.6) is 0 Å². The van der Waals surface area contributed by atoms with E-state index in [0.717, 1.165) is 18.6 Å². The molecular formula is C21H29NO3. The van der Waals surface area contributed by atoms with E-state index >= 15 is 0 Å². The van der Waals surface area contributed by atoms with Crippen molar-refractivity contribution in [3.05, 3.63) is 28.7 Å². The maximum absolute atomic E-state index is 11.8. The molecular weight excluding hydrogens is 314 g/mol. The minimum atomic E-state index is 0.0472. The molecule has 0 amide bonds. The Labute approximate surface area is 150 Å². The second kappa shape index (κ2) is 6.54. The molecule has 0 saturated carbocycles. The van der Waals surface area contributed by atoms with Crippen LogP contribution in [0.3, 0.4) is 0 Å². The summed E-state index contributed by atoms with van der Waals surface area (Å²) in [5.41, 5.74) is 5.09. The van der Waals surface area contributed by atoms with E-state index in [9.17, 15) is 4.79 Å². The fourth-order valence-electron chi connectivity index (χ4n) is 5.49. The van der Waals surface area contributed by atoms with Gasteiger partial charge < -0.3 is 14.1 Å². The van der Waals surface area contributed by atoms with Crippen molar-refractivity contribution in [3.63, 3.8) is 0 Å². The maximum atomic E-state index is 11.8. The Balaban J connectivity index is 0.000000880. The smallest absolute Gasteiger partial charge is 0.140 e. The lowest BCUT2D eigenvalue weighted by Gasteiger charge is -2.46. The summed E-state index contributed by atoms with van der Waals surface area (Å²) < 4.78 is 5.35. The van der Waals surface area contributed by atoms with Crippen LogP contribution in [-0.2, 0) is 22.4 Å². The second-order valence-corrected chi connectivity index (χ2v) is 8.81. The van der Waals surface area contributed by atoms with Crippen LogP contribution in [0, 0.1) is 22.7 Å². The third kappa shape index (κ3) is 2.90. The van der Waals surface area contributed by atoms with Crippen LogP contribution in [0.4, 0.5) is 0 Å². The molecule has 4 rings (SSSR count). The first-order valence-corrected chi connectivity index (χ1v) is 9.32. The van der Waals surface area contributed by atoms with Crippen molar-refractivity contribution in [2.45, 2.75) is 65.7 Å². The highest BCUT2D eigenvalue weighted by Crippen LogP contribution is 2.56. The van der Waals surface area contributed by atoms with Crippen molar-refractivity contribution in [2.75, 3.05) is 0 Å². The zero-order valence-corrected chi connectivity index (χ0v) is 15.6. The molecule has 1 aromatic heterocycles. The predicted molar refractivity (Wildman–Crippen MR) is 96.1 cm³/mol. The normalized spacial score (nSPS) is 33.1. The van der Waals surface area contributed by atoms with E-state index in [0.29, 0.717) is 11.3 Å². The van der Waals surface area contributed by atoms with Gasteiger partial charge in [-0.25, -0.2) is 0 Å². The largest absolute Gasteiger partial charge is 0.361 e. The highest BCUT2D eigenvalue weighted by Gasteiger charge is 2.48. The molecule has 0 aromatic carbocycles. The van der Waals surface area contributed by atoms with E-state index in [-0.39, 0.29) is 11.3 Å². The molecule has 4 nitrogen and oxygen atoms in total.